The molecule has 2 unspecified atom stereocenters. The van der Waals surface area contributed by atoms with Gasteiger partial charge in [-0.3, -0.25) is 4.79 Å². The molecule has 1 saturated heterocycles. The van der Waals surface area contributed by atoms with E-state index in [0.717, 1.165) is 42.9 Å². The summed E-state index contributed by atoms with van der Waals surface area (Å²) >= 11 is 0. The summed E-state index contributed by atoms with van der Waals surface area (Å²) in [7, 11) is 3.27. The number of aliphatic carboxylic acids is 2. The Kier molecular flexibility index (Phi) is 10.7. The van der Waals surface area contributed by atoms with Gasteiger partial charge in [0.1, 0.15) is 0 Å². The van der Waals surface area contributed by atoms with Gasteiger partial charge >= 0.3 is 11.9 Å². The molecule has 1 fully saturated rings. The van der Waals surface area contributed by atoms with Crippen LogP contribution in [0.1, 0.15) is 38.7 Å². The SMILES string of the molecule is COc1ccc(CCNCC(=O)N2C(C)CCCC2C)cc1OC.O=C(O)C(=O)O. The maximum absolute atomic E-state index is 12.4. The number of benzene rings is 1. The normalized spacial score (nSPS) is 18.1. The number of methoxy groups -OCH3 is 2. The van der Waals surface area contributed by atoms with Crippen molar-refractivity contribution < 1.29 is 34.1 Å². The average Bonchev–Trinajstić information content (AvgIpc) is 2.71. The van der Waals surface area contributed by atoms with Gasteiger partial charge in [0.2, 0.25) is 5.91 Å². The Bertz CT molecular complexity index is 701. The van der Waals surface area contributed by atoms with E-state index >= 15 is 0 Å². The van der Waals surface area contributed by atoms with Gasteiger partial charge in [-0.05, 0) is 63.8 Å². The molecule has 9 heteroatoms. The van der Waals surface area contributed by atoms with Crippen LogP contribution >= 0.6 is 0 Å². The fourth-order valence-corrected chi connectivity index (χ4v) is 3.47. The highest BCUT2D eigenvalue weighted by molar-refractivity contribution is 6.27. The summed E-state index contributed by atoms with van der Waals surface area (Å²) in [5.74, 6) is -1.97. The molecule has 1 aliphatic rings. The number of piperidine rings is 1. The summed E-state index contributed by atoms with van der Waals surface area (Å²) in [6.45, 7) is 5.47. The fourth-order valence-electron chi connectivity index (χ4n) is 3.47. The number of nitrogens with one attached hydrogen (secondary N) is 1. The molecule has 3 N–H and O–H groups in total. The highest BCUT2D eigenvalue weighted by Gasteiger charge is 2.28. The van der Waals surface area contributed by atoms with Crippen molar-refractivity contribution in [2.24, 2.45) is 0 Å². The van der Waals surface area contributed by atoms with Crippen molar-refractivity contribution in [1.29, 1.82) is 0 Å². The van der Waals surface area contributed by atoms with E-state index in [2.05, 4.69) is 19.2 Å². The van der Waals surface area contributed by atoms with Crippen molar-refractivity contribution in [1.82, 2.24) is 10.2 Å². The van der Waals surface area contributed by atoms with Crippen LogP contribution in [0.4, 0.5) is 0 Å². The van der Waals surface area contributed by atoms with Crippen LogP contribution in [0, 0.1) is 0 Å². The number of carboxylic acid groups (broad SMARTS) is 2. The molecule has 1 aliphatic heterocycles. The van der Waals surface area contributed by atoms with Crippen molar-refractivity contribution in [3.8, 4) is 11.5 Å². The lowest BCUT2D eigenvalue weighted by molar-refractivity contribution is -0.159. The van der Waals surface area contributed by atoms with Gasteiger partial charge < -0.3 is 29.9 Å². The zero-order valence-corrected chi connectivity index (χ0v) is 18.0. The molecule has 1 heterocycles. The lowest BCUT2D eigenvalue weighted by atomic mass is 9.97. The third-order valence-corrected chi connectivity index (χ3v) is 4.98. The molecular weight excluding hydrogens is 392 g/mol. The Morgan fingerprint density at radius 1 is 1.03 bits per heavy atom. The predicted octanol–water partition coefficient (Wildman–Crippen LogP) is 1.78. The van der Waals surface area contributed by atoms with Gasteiger partial charge in [0.05, 0.1) is 20.8 Å². The number of nitrogens with zero attached hydrogens (tertiary/aromatic N) is 1. The number of hydrogen-bond donors (Lipinski definition) is 3. The van der Waals surface area contributed by atoms with Gasteiger partial charge in [0, 0.05) is 12.1 Å². The third-order valence-electron chi connectivity index (χ3n) is 4.98. The number of rotatable bonds is 7. The Labute approximate surface area is 177 Å². The first-order valence-electron chi connectivity index (χ1n) is 9.90. The van der Waals surface area contributed by atoms with Crippen molar-refractivity contribution in [2.45, 2.75) is 51.6 Å². The molecule has 1 aromatic carbocycles. The van der Waals surface area contributed by atoms with Crippen LogP contribution in [-0.2, 0) is 20.8 Å². The van der Waals surface area contributed by atoms with E-state index < -0.39 is 11.9 Å². The molecular formula is C21H32N2O7. The van der Waals surface area contributed by atoms with E-state index in [1.807, 2.05) is 23.1 Å². The van der Waals surface area contributed by atoms with E-state index in [-0.39, 0.29) is 5.91 Å². The highest BCUT2D eigenvalue weighted by atomic mass is 16.5. The second-order valence-corrected chi connectivity index (χ2v) is 7.16. The van der Waals surface area contributed by atoms with Crippen molar-refractivity contribution >= 4 is 17.8 Å². The molecule has 9 nitrogen and oxygen atoms in total. The summed E-state index contributed by atoms with van der Waals surface area (Å²) in [6, 6.07) is 6.63. The van der Waals surface area contributed by atoms with E-state index in [1.165, 1.54) is 6.42 Å². The Hall–Kier alpha value is -2.81. The minimum atomic E-state index is -1.82. The first-order chi connectivity index (χ1) is 14.2. The molecule has 168 valence electrons. The molecule has 0 saturated carbocycles. The average molecular weight is 424 g/mol. The van der Waals surface area contributed by atoms with Crippen LogP contribution in [0.15, 0.2) is 18.2 Å². The minimum Gasteiger partial charge on any atom is -0.493 e. The Morgan fingerprint density at radius 2 is 1.60 bits per heavy atom. The quantitative estimate of drug-likeness (QED) is 0.447. The summed E-state index contributed by atoms with van der Waals surface area (Å²) in [6.07, 6.45) is 4.29. The lowest BCUT2D eigenvalue weighted by Gasteiger charge is -2.39. The molecule has 1 aromatic rings. The minimum absolute atomic E-state index is 0.210. The number of carbonyl (C=O) groups is 3. The lowest BCUT2D eigenvalue weighted by Crippen LogP contribution is -2.50. The Morgan fingerprint density at radius 3 is 2.10 bits per heavy atom. The van der Waals surface area contributed by atoms with Crippen molar-refractivity contribution in [3.05, 3.63) is 23.8 Å². The summed E-state index contributed by atoms with van der Waals surface area (Å²) in [5.41, 5.74) is 1.16. The third kappa shape index (κ3) is 7.90. The van der Waals surface area contributed by atoms with Gasteiger partial charge in [-0.25, -0.2) is 9.59 Å². The smallest absolute Gasteiger partial charge is 0.414 e. The van der Waals surface area contributed by atoms with Gasteiger partial charge in [0.15, 0.2) is 11.5 Å². The number of ether oxygens (including phenoxy) is 2. The number of amides is 1. The van der Waals surface area contributed by atoms with E-state index in [0.29, 0.717) is 18.6 Å². The fraction of sp³-hybridized carbons (Fsp3) is 0.571. The second-order valence-electron chi connectivity index (χ2n) is 7.16. The maximum atomic E-state index is 12.4. The standard InChI is InChI=1S/C19H30N2O3.C2H2O4/c1-14-6-5-7-15(2)21(14)19(22)13-20-11-10-16-8-9-17(23-3)18(12-16)24-4;3-1(4)2(5)6/h8-9,12,14-15,20H,5-7,10-11,13H2,1-4H3;(H,3,4)(H,5,6). The van der Waals surface area contributed by atoms with Crippen LogP contribution in [-0.4, -0.2) is 72.4 Å². The van der Waals surface area contributed by atoms with Gasteiger partial charge in [-0.1, -0.05) is 6.07 Å². The van der Waals surface area contributed by atoms with Crippen LogP contribution in [0.25, 0.3) is 0 Å². The first-order valence-corrected chi connectivity index (χ1v) is 9.90. The molecule has 0 spiro atoms. The first kappa shape index (κ1) is 25.2. The zero-order chi connectivity index (χ0) is 22.7. The largest absolute Gasteiger partial charge is 0.493 e. The molecule has 0 aromatic heterocycles. The van der Waals surface area contributed by atoms with Crippen LogP contribution < -0.4 is 14.8 Å². The van der Waals surface area contributed by atoms with E-state index in [4.69, 9.17) is 29.3 Å². The number of carbonyl (C=O) groups excluding carboxylic acids is 1. The van der Waals surface area contributed by atoms with Crippen molar-refractivity contribution in [3.63, 3.8) is 0 Å². The molecule has 1 amide bonds. The van der Waals surface area contributed by atoms with Gasteiger partial charge in [0.25, 0.3) is 0 Å². The maximum Gasteiger partial charge on any atom is 0.414 e. The highest BCUT2D eigenvalue weighted by Crippen LogP contribution is 2.27. The van der Waals surface area contributed by atoms with E-state index in [9.17, 15) is 4.79 Å². The van der Waals surface area contributed by atoms with Gasteiger partial charge in [-0.2, -0.15) is 0 Å². The topological polar surface area (TPSA) is 125 Å². The molecule has 0 aliphatic carbocycles. The summed E-state index contributed by atoms with van der Waals surface area (Å²) in [5, 5.41) is 18.1. The number of likely N-dealkylation sites (tertiary alicyclic amines) is 1. The number of hydrogen-bond acceptors (Lipinski definition) is 6. The number of carboxylic acids is 2. The molecule has 0 radical (unpaired) electrons. The second kappa shape index (κ2) is 12.7. The summed E-state index contributed by atoms with van der Waals surface area (Å²) < 4.78 is 10.6. The zero-order valence-electron chi connectivity index (χ0n) is 18.0. The van der Waals surface area contributed by atoms with Gasteiger partial charge in [-0.15, -0.1) is 0 Å². The Balaban J connectivity index is 0.000000656. The molecule has 2 rings (SSSR count). The van der Waals surface area contributed by atoms with Crippen LogP contribution in [0.2, 0.25) is 0 Å². The molecule has 30 heavy (non-hydrogen) atoms. The molecule has 0 bridgehead atoms. The van der Waals surface area contributed by atoms with Crippen LogP contribution in [0.5, 0.6) is 11.5 Å². The monoisotopic (exact) mass is 424 g/mol. The van der Waals surface area contributed by atoms with Crippen molar-refractivity contribution in [2.75, 3.05) is 27.3 Å². The summed E-state index contributed by atoms with van der Waals surface area (Å²) in [4.78, 5) is 32.7. The molecule has 2 atom stereocenters. The predicted molar refractivity (Wildman–Crippen MR) is 111 cm³/mol. The van der Waals surface area contributed by atoms with Crippen LogP contribution in [0.3, 0.4) is 0 Å². The van der Waals surface area contributed by atoms with E-state index in [1.54, 1.807) is 14.2 Å².